The minimum absolute atomic E-state index is 0.0819. The quantitative estimate of drug-likeness (QED) is 0.834. The van der Waals surface area contributed by atoms with Crippen molar-refractivity contribution in [3.05, 3.63) is 21.9 Å². The topological polar surface area (TPSA) is 40.5 Å². The summed E-state index contributed by atoms with van der Waals surface area (Å²) in [6, 6.07) is 1.96. The Bertz CT molecular complexity index is 322. The molecule has 0 fully saturated rings. The third-order valence-corrected chi connectivity index (χ3v) is 3.32. The highest BCUT2D eigenvalue weighted by molar-refractivity contribution is 7.12. The van der Waals surface area contributed by atoms with Crippen LogP contribution < -0.4 is 0 Å². The number of rotatable bonds is 5. The lowest BCUT2D eigenvalue weighted by atomic mass is 10.2. The summed E-state index contributed by atoms with van der Waals surface area (Å²) in [6.07, 6.45) is 0.643. The smallest absolute Gasteiger partial charge is 0.264 e. The molecule has 84 valence electrons. The Kier molecular flexibility index (Phi) is 4.78. The van der Waals surface area contributed by atoms with E-state index in [0.29, 0.717) is 19.5 Å². The maximum Gasteiger partial charge on any atom is 0.264 e. The second-order valence-corrected chi connectivity index (χ2v) is 4.31. The maximum atomic E-state index is 12.0. The van der Waals surface area contributed by atoms with Crippen molar-refractivity contribution in [1.82, 2.24) is 4.90 Å². The van der Waals surface area contributed by atoms with Gasteiger partial charge in [-0.2, -0.15) is 0 Å². The molecule has 3 nitrogen and oxygen atoms in total. The summed E-state index contributed by atoms with van der Waals surface area (Å²) in [5.74, 6) is 0.0819. The standard InChI is InChI=1S/C11H17NO2S/c1-3-12(6-4-7-13)11(14)10-9(2)5-8-15-10/h5,8,13H,3-4,6-7H2,1-2H3. The van der Waals surface area contributed by atoms with E-state index in [1.807, 2.05) is 25.3 Å². The molecule has 0 saturated heterocycles. The fraction of sp³-hybridized carbons (Fsp3) is 0.545. The molecule has 0 saturated carbocycles. The summed E-state index contributed by atoms with van der Waals surface area (Å²) in [4.78, 5) is 14.6. The van der Waals surface area contributed by atoms with Crippen molar-refractivity contribution in [2.24, 2.45) is 0 Å². The van der Waals surface area contributed by atoms with Crippen LogP contribution in [0.5, 0.6) is 0 Å². The zero-order chi connectivity index (χ0) is 11.3. The number of hydrogen-bond donors (Lipinski definition) is 1. The SMILES string of the molecule is CCN(CCCO)C(=O)c1sccc1C. The molecule has 1 rings (SSSR count). The second kappa shape index (κ2) is 5.88. The van der Waals surface area contributed by atoms with Crippen LogP contribution in [-0.2, 0) is 0 Å². The Morgan fingerprint density at radius 3 is 2.80 bits per heavy atom. The number of nitrogens with zero attached hydrogens (tertiary/aromatic N) is 1. The minimum Gasteiger partial charge on any atom is -0.396 e. The summed E-state index contributed by atoms with van der Waals surface area (Å²) in [5.41, 5.74) is 1.03. The van der Waals surface area contributed by atoms with E-state index in [9.17, 15) is 4.79 Å². The number of amides is 1. The van der Waals surface area contributed by atoms with Crippen LogP contribution in [0.25, 0.3) is 0 Å². The van der Waals surface area contributed by atoms with Crippen LogP contribution in [0.4, 0.5) is 0 Å². The van der Waals surface area contributed by atoms with Crippen LogP contribution in [0.1, 0.15) is 28.6 Å². The van der Waals surface area contributed by atoms with Crippen LogP contribution in [-0.4, -0.2) is 35.6 Å². The van der Waals surface area contributed by atoms with Crippen molar-refractivity contribution < 1.29 is 9.90 Å². The lowest BCUT2D eigenvalue weighted by Gasteiger charge is -2.19. The van der Waals surface area contributed by atoms with Crippen molar-refractivity contribution in [1.29, 1.82) is 0 Å². The number of carbonyl (C=O) groups is 1. The lowest BCUT2D eigenvalue weighted by molar-refractivity contribution is 0.0758. The summed E-state index contributed by atoms with van der Waals surface area (Å²) in [5, 5.41) is 10.7. The van der Waals surface area contributed by atoms with Crippen molar-refractivity contribution in [2.75, 3.05) is 19.7 Å². The number of aliphatic hydroxyl groups is 1. The lowest BCUT2D eigenvalue weighted by Crippen LogP contribution is -2.32. The van der Waals surface area contributed by atoms with Gasteiger partial charge in [0.15, 0.2) is 0 Å². The van der Waals surface area contributed by atoms with E-state index in [1.165, 1.54) is 11.3 Å². The van der Waals surface area contributed by atoms with Gasteiger partial charge >= 0.3 is 0 Å². The average Bonchev–Trinajstić information content (AvgIpc) is 2.65. The molecule has 0 aromatic carbocycles. The van der Waals surface area contributed by atoms with Crippen LogP contribution >= 0.6 is 11.3 Å². The van der Waals surface area contributed by atoms with E-state index in [2.05, 4.69) is 0 Å². The average molecular weight is 227 g/mol. The number of thiophene rings is 1. The third-order valence-electron chi connectivity index (χ3n) is 2.31. The third kappa shape index (κ3) is 3.04. The van der Waals surface area contributed by atoms with Gasteiger partial charge in [-0.3, -0.25) is 4.79 Å². The normalized spacial score (nSPS) is 10.3. The van der Waals surface area contributed by atoms with Gasteiger partial charge in [0, 0.05) is 19.7 Å². The first-order valence-corrected chi connectivity index (χ1v) is 6.03. The molecule has 0 unspecified atom stereocenters. The van der Waals surface area contributed by atoms with Crippen LogP contribution in [0, 0.1) is 6.92 Å². The van der Waals surface area contributed by atoms with E-state index >= 15 is 0 Å². The van der Waals surface area contributed by atoms with E-state index in [4.69, 9.17) is 5.11 Å². The highest BCUT2D eigenvalue weighted by Crippen LogP contribution is 2.17. The molecule has 1 heterocycles. The number of aliphatic hydroxyl groups excluding tert-OH is 1. The van der Waals surface area contributed by atoms with Gasteiger partial charge in [0.1, 0.15) is 0 Å². The minimum atomic E-state index is 0.0819. The maximum absolute atomic E-state index is 12.0. The monoisotopic (exact) mass is 227 g/mol. The molecule has 1 aromatic heterocycles. The van der Waals surface area contributed by atoms with Gasteiger partial charge < -0.3 is 10.0 Å². The number of hydrogen-bond acceptors (Lipinski definition) is 3. The molecule has 0 atom stereocenters. The molecule has 0 aliphatic rings. The predicted octanol–water partition coefficient (Wildman–Crippen LogP) is 1.90. The number of aryl methyl sites for hydroxylation is 1. The Balaban J connectivity index is 2.69. The molecular weight excluding hydrogens is 210 g/mol. The molecule has 1 aromatic rings. The van der Waals surface area contributed by atoms with Crippen molar-refractivity contribution >= 4 is 17.2 Å². The highest BCUT2D eigenvalue weighted by Gasteiger charge is 2.16. The van der Waals surface area contributed by atoms with Gasteiger partial charge in [0.05, 0.1) is 4.88 Å². The Morgan fingerprint density at radius 2 is 2.33 bits per heavy atom. The van der Waals surface area contributed by atoms with Crippen molar-refractivity contribution in [3.63, 3.8) is 0 Å². The summed E-state index contributed by atoms with van der Waals surface area (Å²) >= 11 is 1.48. The van der Waals surface area contributed by atoms with E-state index in [0.717, 1.165) is 10.4 Å². The molecule has 15 heavy (non-hydrogen) atoms. The predicted molar refractivity (Wildman–Crippen MR) is 62.3 cm³/mol. The Labute approximate surface area is 94.3 Å². The van der Waals surface area contributed by atoms with Gasteiger partial charge in [-0.05, 0) is 37.3 Å². The first kappa shape index (κ1) is 12.2. The first-order valence-electron chi connectivity index (χ1n) is 5.15. The summed E-state index contributed by atoms with van der Waals surface area (Å²) < 4.78 is 0. The fourth-order valence-corrected chi connectivity index (χ4v) is 2.29. The van der Waals surface area contributed by atoms with Crippen molar-refractivity contribution in [3.8, 4) is 0 Å². The van der Waals surface area contributed by atoms with E-state index < -0.39 is 0 Å². The fourth-order valence-electron chi connectivity index (χ4n) is 1.40. The summed E-state index contributed by atoms with van der Waals surface area (Å²) in [6.45, 7) is 5.36. The Morgan fingerprint density at radius 1 is 1.60 bits per heavy atom. The molecule has 0 radical (unpaired) electrons. The van der Waals surface area contributed by atoms with E-state index in [-0.39, 0.29) is 12.5 Å². The van der Waals surface area contributed by atoms with Gasteiger partial charge in [-0.1, -0.05) is 0 Å². The first-order chi connectivity index (χ1) is 7.20. The van der Waals surface area contributed by atoms with Crippen LogP contribution in [0.3, 0.4) is 0 Å². The van der Waals surface area contributed by atoms with Crippen LogP contribution in [0.2, 0.25) is 0 Å². The van der Waals surface area contributed by atoms with E-state index in [1.54, 1.807) is 4.90 Å². The summed E-state index contributed by atoms with van der Waals surface area (Å²) in [7, 11) is 0. The largest absolute Gasteiger partial charge is 0.396 e. The Hall–Kier alpha value is -0.870. The molecule has 0 aliphatic heterocycles. The van der Waals surface area contributed by atoms with Gasteiger partial charge in [0.25, 0.3) is 5.91 Å². The molecule has 0 spiro atoms. The van der Waals surface area contributed by atoms with Crippen molar-refractivity contribution in [2.45, 2.75) is 20.3 Å². The molecule has 4 heteroatoms. The zero-order valence-electron chi connectivity index (χ0n) is 9.19. The zero-order valence-corrected chi connectivity index (χ0v) is 10.0. The van der Waals surface area contributed by atoms with Gasteiger partial charge in [0.2, 0.25) is 0 Å². The molecule has 0 bridgehead atoms. The molecule has 1 N–H and O–H groups in total. The van der Waals surface area contributed by atoms with Gasteiger partial charge in [-0.15, -0.1) is 11.3 Å². The molecule has 0 aliphatic carbocycles. The molecule has 1 amide bonds. The second-order valence-electron chi connectivity index (χ2n) is 3.39. The van der Waals surface area contributed by atoms with Gasteiger partial charge in [-0.25, -0.2) is 0 Å². The number of carbonyl (C=O) groups excluding carboxylic acids is 1. The molecular formula is C11H17NO2S. The van der Waals surface area contributed by atoms with Crippen LogP contribution in [0.15, 0.2) is 11.4 Å². The highest BCUT2D eigenvalue weighted by atomic mass is 32.1.